The molecule has 0 N–H and O–H groups in total. The Bertz CT molecular complexity index is 1160. The summed E-state index contributed by atoms with van der Waals surface area (Å²) in [5, 5.41) is 5.32. The lowest BCUT2D eigenvalue weighted by Gasteiger charge is -2.40. The highest BCUT2D eigenvalue weighted by Gasteiger charge is 2.35. The third-order valence-electron chi connectivity index (χ3n) is 6.78. The molecule has 0 amide bonds. The zero-order valence-electron chi connectivity index (χ0n) is 21.7. The standard InChI is InChI=1S/C28H35Cl2N3O4/c1-21-17-31-33(18-21)11-4-14-36-27-15-22(5-8-26(27)34-2)19-32-12-9-28(35-3,10-13-32)20-37-23-6-7-24(29)25(30)16-23/h5-8,15-18H,4,9-14,19-20H2,1-3H3. The molecule has 1 saturated heterocycles. The van der Waals surface area contributed by atoms with E-state index in [1.165, 1.54) is 5.56 Å². The van der Waals surface area contributed by atoms with Crippen molar-refractivity contribution in [3.8, 4) is 17.2 Å². The number of likely N-dealkylation sites (tertiary alicyclic amines) is 1. The highest BCUT2D eigenvalue weighted by atomic mass is 35.5. The van der Waals surface area contributed by atoms with Gasteiger partial charge in [0.1, 0.15) is 18.0 Å². The maximum Gasteiger partial charge on any atom is 0.161 e. The van der Waals surface area contributed by atoms with Gasteiger partial charge in [0.05, 0.1) is 30.0 Å². The van der Waals surface area contributed by atoms with E-state index < -0.39 is 0 Å². The topological polar surface area (TPSA) is 58.0 Å². The van der Waals surface area contributed by atoms with Gasteiger partial charge in [-0.15, -0.1) is 0 Å². The molecular formula is C28H35Cl2N3O4. The number of hydrogen-bond donors (Lipinski definition) is 0. The number of methoxy groups -OCH3 is 2. The minimum absolute atomic E-state index is 0.329. The SMILES string of the molecule is COc1ccc(CN2CCC(COc3ccc(Cl)c(Cl)c3)(OC)CC2)cc1OCCCn1cc(C)cn1. The molecule has 1 fully saturated rings. The molecular weight excluding hydrogens is 513 g/mol. The molecule has 7 nitrogen and oxygen atoms in total. The average Bonchev–Trinajstić information content (AvgIpc) is 3.33. The van der Waals surface area contributed by atoms with Crippen LogP contribution in [-0.4, -0.2) is 60.8 Å². The van der Waals surface area contributed by atoms with Crippen LogP contribution in [0.1, 0.15) is 30.4 Å². The van der Waals surface area contributed by atoms with E-state index in [1.54, 1.807) is 26.4 Å². The van der Waals surface area contributed by atoms with Crippen molar-refractivity contribution in [1.29, 1.82) is 0 Å². The zero-order valence-corrected chi connectivity index (χ0v) is 23.2. The van der Waals surface area contributed by atoms with Crippen molar-refractivity contribution in [3.63, 3.8) is 0 Å². The lowest BCUT2D eigenvalue weighted by atomic mass is 9.91. The molecule has 0 bridgehead atoms. The molecule has 0 unspecified atom stereocenters. The molecule has 2 heterocycles. The van der Waals surface area contributed by atoms with Crippen LogP contribution in [0.25, 0.3) is 0 Å². The molecule has 4 rings (SSSR count). The molecule has 0 radical (unpaired) electrons. The van der Waals surface area contributed by atoms with E-state index in [1.807, 2.05) is 36.1 Å². The van der Waals surface area contributed by atoms with Gasteiger partial charge in [0.2, 0.25) is 0 Å². The predicted octanol–water partition coefficient (Wildman–Crippen LogP) is 6.04. The summed E-state index contributed by atoms with van der Waals surface area (Å²) in [5.41, 5.74) is 2.02. The first kappa shape index (κ1) is 27.6. The van der Waals surface area contributed by atoms with Gasteiger partial charge in [-0.25, -0.2) is 0 Å². The number of benzene rings is 2. The number of hydrogen-bond acceptors (Lipinski definition) is 6. The van der Waals surface area contributed by atoms with Gasteiger partial charge in [-0.3, -0.25) is 9.58 Å². The fourth-order valence-corrected chi connectivity index (χ4v) is 4.78. The monoisotopic (exact) mass is 547 g/mol. The van der Waals surface area contributed by atoms with Gasteiger partial charge in [-0.2, -0.15) is 5.10 Å². The first-order valence-electron chi connectivity index (χ1n) is 12.5. The molecule has 1 aromatic heterocycles. The van der Waals surface area contributed by atoms with Gasteiger partial charge in [-0.1, -0.05) is 29.3 Å². The predicted molar refractivity (Wildman–Crippen MR) is 146 cm³/mol. The van der Waals surface area contributed by atoms with Crippen molar-refractivity contribution < 1.29 is 18.9 Å². The maximum absolute atomic E-state index is 6.12. The molecule has 3 aromatic rings. The number of halogens is 2. The lowest BCUT2D eigenvalue weighted by Crippen LogP contribution is -2.48. The third kappa shape index (κ3) is 7.54. The second kappa shape index (κ2) is 12.9. The first-order chi connectivity index (χ1) is 17.9. The van der Waals surface area contributed by atoms with Crippen LogP contribution < -0.4 is 14.2 Å². The van der Waals surface area contributed by atoms with Gasteiger partial charge in [0, 0.05) is 52.0 Å². The second-order valence-corrected chi connectivity index (χ2v) is 10.3. The normalized spacial score (nSPS) is 15.5. The maximum atomic E-state index is 6.12. The van der Waals surface area contributed by atoms with E-state index in [9.17, 15) is 0 Å². The summed E-state index contributed by atoms with van der Waals surface area (Å²) in [5.74, 6) is 2.21. The van der Waals surface area contributed by atoms with E-state index >= 15 is 0 Å². The molecule has 9 heteroatoms. The third-order valence-corrected chi connectivity index (χ3v) is 7.52. The summed E-state index contributed by atoms with van der Waals surface area (Å²) in [6.07, 6.45) is 6.52. The largest absolute Gasteiger partial charge is 0.493 e. The Kier molecular flexibility index (Phi) is 9.60. The highest BCUT2D eigenvalue weighted by molar-refractivity contribution is 6.42. The van der Waals surface area contributed by atoms with E-state index in [0.29, 0.717) is 29.0 Å². The molecule has 0 atom stereocenters. The molecule has 2 aromatic carbocycles. The van der Waals surface area contributed by atoms with Gasteiger partial charge in [0.15, 0.2) is 11.5 Å². The number of nitrogens with zero attached hydrogens (tertiary/aromatic N) is 3. The lowest BCUT2D eigenvalue weighted by molar-refractivity contribution is -0.0839. The van der Waals surface area contributed by atoms with Gasteiger partial charge in [-0.05, 0) is 55.2 Å². The van der Waals surface area contributed by atoms with Crippen LogP contribution in [0.15, 0.2) is 48.8 Å². The van der Waals surface area contributed by atoms with E-state index in [-0.39, 0.29) is 5.60 Å². The first-order valence-corrected chi connectivity index (χ1v) is 13.3. The Hall–Kier alpha value is -2.45. The number of ether oxygens (including phenoxy) is 4. The smallest absolute Gasteiger partial charge is 0.161 e. The van der Waals surface area contributed by atoms with Gasteiger partial charge in [0.25, 0.3) is 0 Å². The van der Waals surface area contributed by atoms with Crippen LogP contribution in [0.5, 0.6) is 17.2 Å². The highest BCUT2D eigenvalue weighted by Crippen LogP contribution is 2.32. The van der Waals surface area contributed by atoms with Crippen LogP contribution in [0.2, 0.25) is 10.0 Å². The van der Waals surface area contributed by atoms with Crippen molar-refractivity contribution in [1.82, 2.24) is 14.7 Å². The van der Waals surface area contributed by atoms with Crippen LogP contribution in [-0.2, 0) is 17.8 Å². The molecule has 37 heavy (non-hydrogen) atoms. The van der Waals surface area contributed by atoms with E-state index in [4.69, 9.17) is 42.1 Å². The number of piperidine rings is 1. The summed E-state index contributed by atoms with van der Waals surface area (Å²) >= 11 is 12.1. The van der Waals surface area contributed by atoms with Crippen molar-refractivity contribution in [2.75, 3.05) is 40.5 Å². The van der Waals surface area contributed by atoms with Crippen LogP contribution in [0.3, 0.4) is 0 Å². The van der Waals surface area contributed by atoms with E-state index in [2.05, 4.69) is 22.1 Å². The number of aryl methyl sites for hydroxylation is 2. The van der Waals surface area contributed by atoms with Crippen molar-refractivity contribution in [2.24, 2.45) is 0 Å². The summed E-state index contributed by atoms with van der Waals surface area (Å²) in [4.78, 5) is 2.43. The summed E-state index contributed by atoms with van der Waals surface area (Å²) in [6, 6.07) is 11.5. The molecule has 1 aliphatic heterocycles. The van der Waals surface area contributed by atoms with Gasteiger partial charge < -0.3 is 18.9 Å². The Balaban J connectivity index is 1.28. The second-order valence-electron chi connectivity index (χ2n) is 9.50. The van der Waals surface area contributed by atoms with Gasteiger partial charge >= 0.3 is 0 Å². The fraction of sp³-hybridized carbons (Fsp3) is 0.464. The minimum Gasteiger partial charge on any atom is -0.493 e. The quantitative estimate of drug-likeness (QED) is 0.258. The van der Waals surface area contributed by atoms with Crippen molar-refractivity contribution in [2.45, 2.75) is 44.9 Å². The van der Waals surface area contributed by atoms with Crippen LogP contribution in [0.4, 0.5) is 0 Å². The summed E-state index contributed by atoms with van der Waals surface area (Å²) < 4.78 is 25.5. The average molecular weight is 549 g/mol. The molecule has 1 aliphatic rings. The molecule has 0 saturated carbocycles. The van der Waals surface area contributed by atoms with Crippen LogP contribution >= 0.6 is 23.2 Å². The number of rotatable bonds is 12. The molecule has 200 valence electrons. The summed E-state index contributed by atoms with van der Waals surface area (Å²) in [7, 11) is 3.43. The Morgan fingerprint density at radius 1 is 0.973 bits per heavy atom. The minimum atomic E-state index is -0.329. The Labute approximate surface area is 229 Å². The van der Waals surface area contributed by atoms with Crippen molar-refractivity contribution in [3.05, 3.63) is 70.0 Å². The fourth-order valence-electron chi connectivity index (χ4n) is 4.50. The van der Waals surface area contributed by atoms with Crippen molar-refractivity contribution >= 4 is 23.2 Å². The zero-order chi connectivity index (χ0) is 26.3. The molecule has 0 spiro atoms. The molecule has 0 aliphatic carbocycles. The Morgan fingerprint density at radius 3 is 2.46 bits per heavy atom. The summed E-state index contributed by atoms with van der Waals surface area (Å²) in [6.45, 7) is 6.57. The van der Waals surface area contributed by atoms with E-state index in [0.717, 1.165) is 62.5 Å². The Morgan fingerprint density at radius 2 is 1.78 bits per heavy atom. The number of aromatic nitrogens is 2. The van der Waals surface area contributed by atoms with Crippen LogP contribution in [0, 0.1) is 6.92 Å².